The first kappa shape index (κ1) is 18.1. The smallest absolute Gasteiger partial charge is 0.416 e. The molecule has 1 aromatic heterocycles. The predicted octanol–water partition coefficient (Wildman–Crippen LogP) is 5.85. The van der Waals surface area contributed by atoms with Gasteiger partial charge in [-0.2, -0.15) is 13.2 Å². The van der Waals surface area contributed by atoms with Crippen LogP contribution in [0.5, 0.6) is 5.75 Å². The molecule has 3 nitrogen and oxygen atoms in total. The lowest BCUT2D eigenvalue weighted by molar-refractivity contribution is -0.137. The Kier molecular flexibility index (Phi) is 4.34. The van der Waals surface area contributed by atoms with Crippen molar-refractivity contribution in [3.63, 3.8) is 0 Å². The number of fused-ring (bicyclic) bond motifs is 3. The van der Waals surface area contributed by atoms with Gasteiger partial charge in [-0.05, 0) is 48.2 Å². The van der Waals surface area contributed by atoms with Crippen LogP contribution >= 0.6 is 0 Å². The molecule has 6 heteroatoms. The molecule has 0 saturated carbocycles. The summed E-state index contributed by atoms with van der Waals surface area (Å²) in [6.07, 6.45) is -4.40. The summed E-state index contributed by atoms with van der Waals surface area (Å²) in [7, 11) is 0. The van der Waals surface area contributed by atoms with E-state index in [4.69, 9.17) is 9.15 Å². The molecule has 0 spiro atoms. The second-order valence-electron chi connectivity index (χ2n) is 6.49. The Bertz CT molecular complexity index is 1240. The Morgan fingerprint density at radius 2 is 1.68 bits per heavy atom. The number of rotatable bonds is 3. The van der Waals surface area contributed by atoms with Gasteiger partial charge in [0.1, 0.15) is 17.9 Å². The number of alkyl halides is 3. The summed E-state index contributed by atoms with van der Waals surface area (Å²) in [6, 6.07) is 15.7. The molecule has 0 N–H and O–H groups in total. The van der Waals surface area contributed by atoms with E-state index in [2.05, 4.69) is 0 Å². The van der Waals surface area contributed by atoms with E-state index in [9.17, 15) is 18.0 Å². The van der Waals surface area contributed by atoms with Gasteiger partial charge in [0, 0.05) is 10.9 Å². The van der Waals surface area contributed by atoms with Crippen molar-refractivity contribution in [2.24, 2.45) is 0 Å². The van der Waals surface area contributed by atoms with Crippen molar-refractivity contribution in [3.8, 4) is 5.75 Å². The molecule has 0 aliphatic carbocycles. The summed E-state index contributed by atoms with van der Waals surface area (Å²) < 4.78 is 49.8. The van der Waals surface area contributed by atoms with Crippen molar-refractivity contribution in [1.29, 1.82) is 0 Å². The van der Waals surface area contributed by atoms with E-state index in [1.807, 2.05) is 12.1 Å². The molecular weight excluding hydrogens is 369 g/mol. The van der Waals surface area contributed by atoms with Crippen molar-refractivity contribution in [2.45, 2.75) is 19.7 Å². The summed E-state index contributed by atoms with van der Waals surface area (Å²) >= 11 is 0. The Hall–Kier alpha value is -3.28. The Labute approximate surface area is 158 Å². The third kappa shape index (κ3) is 3.22. The van der Waals surface area contributed by atoms with Crippen molar-refractivity contribution in [1.82, 2.24) is 0 Å². The maximum absolute atomic E-state index is 12.9. The molecule has 0 aliphatic heterocycles. The second kappa shape index (κ2) is 6.71. The molecule has 3 aromatic carbocycles. The fourth-order valence-electron chi connectivity index (χ4n) is 3.22. The molecule has 142 valence electrons. The van der Waals surface area contributed by atoms with E-state index >= 15 is 0 Å². The third-order valence-corrected chi connectivity index (χ3v) is 4.64. The normalized spacial score (nSPS) is 11.9. The molecule has 0 amide bonds. The van der Waals surface area contributed by atoms with Crippen LogP contribution in [0.25, 0.3) is 21.7 Å². The van der Waals surface area contributed by atoms with Crippen LogP contribution in [-0.2, 0) is 12.8 Å². The van der Waals surface area contributed by atoms with E-state index < -0.39 is 17.4 Å². The van der Waals surface area contributed by atoms with Gasteiger partial charge in [0.05, 0.1) is 10.9 Å². The van der Waals surface area contributed by atoms with Crippen molar-refractivity contribution in [2.75, 3.05) is 0 Å². The Balaban J connectivity index is 1.70. The number of hydrogen-bond donors (Lipinski definition) is 0. The molecule has 4 rings (SSSR count). The summed E-state index contributed by atoms with van der Waals surface area (Å²) in [5, 5.41) is 2.05. The van der Waals surface area contributed by atoms with E-state index in [0.717, 1.165) is 22.9 Å². The van der Waals surface area contributed by atoms with Gasteiger partial charge in [0.25, 0.3) is 0 Å². The van der Waals surface area contributed by atoms with Gasteiger partial charge in [0.15, 0.2) is 0 Å². The predicted molar refractivity (Wildman–Crippen MR) is 101 cm³/mol. The number of aryl methyl sites for hydroxylation is 1. The fraction of sp³-hybridized carbons (Fsp3) is 0.136. The number of halogens is 3. The third-order valence-electron chi connectivity index (χ3n) is 4.64. The molecule has 0 radical (unpaired) electrons. The van der Waals surface area contributed by atoms with Gasteiger partial charge in [-0.3, -0.25) is 0 Å². The molecule has 0 bridgehead atoms. The fourth-order valence-corrected chi connectivity index (χ4v) is 3.22. The molecule has 4 aromatic rings. The van der Waals surface area contributed by atoms with Crippen LogP contribution in [0.3, 0.4) is 0 Å². The standard InChI is InChI=1S/C22H15F3O3/c1-13-19(27-12-14-5-4-6-15(11-14)22(23,24)25)10-9-17-16-7-2-3-8-18(16)21(26)28-20(13)17/h2-11H,12H2,1H3. The Morgan fingerprint density at radius 1 is 0.929 bits per heavy atom. The number of hydrogen-bond acceptors (Lipinski definition) is 3. The van der Waals surface area contributed by atoms with Crippen molar-refractivity contribution in [3.05, 3.63) is 87.8 Å². The molecule has 0 fully saturated rings. The molecule has 0 aliphatic rings. The molecule has 0 saturated heterocycles. The maximum atomic E-state index is 12.9. The topological polar surface area (TPSA) is 39.4 Å². The van der Waals surface area contributed by atoms with Crippen LogP contribution in [-0.4, -0.2) is 0 Å². The lowest BCUT2D eigenvalue weighted by Gasteiger charge is -2.13. The summed E-state index contributed by atoms with van der Waals surface area (Å²) in [6.45, 7) is 1.72. The van der Waals surface area contributed by atoms with Crippen LogP contribution in [0, 0.1) is 6.92 Å². The summed E-state index contributed by atoms with van der Waals surface area (Å²) in [5.41, 5.74) is 0.259. The Morgan fingerprint density at radius 3 is 2.43 bits per heavy atom. The zero-order valence-corrected chi connectivity index (χ0v) is 14.8. The second-order valence-corrected chi connectivity index (χ2v) is 6.49. The zero-order chi connectivity index (χ0) is 19.9. The van der Waals surface area contributed by atoms with E-state index in [-0.39, 0.29) is 6.61 Å². The van der Waals surface area contributed by atoms with E-state index in [0.29, 0.717) is 27.8 Å². The van der Waals surface area contributed by atoms with Gasteiger partial charge >= 0.3 is 11.8 Å². The van der Waals surface area contributed by atoms with Crippen LogP contribution in [0.4, 0.5) is 13.2 Å². The lowest BCUT2D eigenvalue weighted by Crippen LogP contribution is -2.06. The van der Waals surface area contributed by atoms with E-state index in [1.165, 1.54) is 6.07 Å². The van der Waals surface area contributed by atoms with Crippen LogP contribution in [0.1, 0.15) is 16.7 Å². The highest BCUT2D eigenvalue weighted by atomic mass is 19.4. The first-order valence-corrected chi connectivity index (χ1v) is 8.59. The molecule has 0 unspecified atom stereocenters. The highest BCUT2D eigenvalue weighted by molar-refractivity contribution is 6.05. The highest BCUT2D eigenvalue weighted by Crippen LogP contribution is 2.32. The van der Waals surface area contributed by atoms with Gasteiger partial charge in [-0.25, -0.2) is 4.79 Å². The SMILES string of the molecule is Cc1c(OCc2cccc(C(F)(F)F)c2)ccc2c1oc(=O)c1ccccc12. The van der Waals surface area contributed by atoms with Crippen LogP contribution < -0.4 is 10.4 Å². The molecular formula is C22H15F3O3. The first-order valence-electron chi connectivity index (χ1n) is 8.59. The van der Waals surface area contributed by atoms with Gasteiger partial charge in [-0.15, -0.1) is 0 Å². The summed E-state index contributed by atoms with van der Waals surface area (Å²) in [5.74, 6) is 0.448. The number of ether oxygens (including phenoxy) is 1. The van der Waals surface area contributed by atoms with Crippen LogP contribution in [0.2, 0.25) is 0 Å². The van der Waals surface area contributed by atoms with Crippen molar-refractivity contribution < 1.29 is 22.3 Å². The average molecular weight is 384 g/mol. The minimum absolute atomic E-state index is 0.0337. The van der Waals surface area contributed by atoms with E-state index in [1.54, 1.807) is 37.3 Å². The molecule has 28 heavy (non-hydrogen) atoms. The average Bonchev–Trinajstić information content (AvgIpc) is 2.68. The lowest BCUT2D eigenvalue weighted by atomic mass is 10.0. The monoisotopic (exact) mass is 384 g/mol. The largest absolute Gasteiger partial charge is 0.488 e. The minimum atomic E-state index is -4.40. The number of benzene rings is 3. The van der Waals surface area contributed by atoms with Gasteiger partial charge in [-0.1, -0.05) is 30.3 Å². The van der Waals surface area contributed by atoms with Crippen LogP contribution in [0.15, 0.2) is 69.9 Å². The quantitative estimate of drug-likeness (QED) is 0.328. The van der Waals surface area contributed by atoms with Gasteiger partial charge in [0.2, 0.25) is 0 Å². The van der Waals surface area contributed by atoms with Gasteiger partial charge < -0.3 is 9.15 Å². The molecule has 1 heterocycles. The zero-order valence-electron chi connectivity index (χ0n) is 14.8. The molecule has 0 atom stereocenters. The summed E-state index contributed by atoms with van der Waals surface area (Å²) in [4.78, 5) is 12.3. The minimum Gasteiger partial charge on any atom is -0.488 e. The van der Waals surface area contributed by atoms with Crippen molar-refractivity contribution >= 4 is 21.7 Å². The first-order chi connectivity index (χ1) is 13.3. The maximum Gasteiger partial charge on any atom is 0.416 e. The highest BCUT2D eigenvalue weighted by Gasteiger charge is 2.30.